The summed E-state index contributed by atoms with van der Waals surface area (Å²) in [6.07, 6.45) is 5.87. The minimum atomic E-state index is 0.289. The van der Waals surface area contributed by atoms with Crippen LogP contribution in [-0.4, -0.2) is 5.84 Å². The summed E-state index contributed by atoms with van der Waals surface area (Å²) in [5.41, 5.74) is 5.22. The third-order valence-corrected chi connectivity index (χ3v) is 1.34. The first-order valence-electron chi connectivity index (χ1n) is 3.61. The second-order valence-corrected chi connectivity index (χ2v) is 2.64. The number of amidine groups is 1. The van der Waals surface area contributed by atoms with Crippen molar-refractivity contribution in [3.63, 3.8) is 0 Å². The maximum atomic E-state index is 7.01. The number of hydrogen-bond donors (Lipinski definition) is 2. The number of rotatable bonds is 4. The lowest BCUT2D eigenvalue weighted by Crippen LogP contribution is -2.13. The lowest BCUT2D eigenvalue weighted by Gasteiger charge is -2.05. The summed E-state index contributed by atoms with van der Waals surface area (Å²) in [5, 5.41) is 7.01. The van der Waals surface area contributed by atoms with Gasteiger partial charge in [0.2, 0.25) is 0 Å². The first-order chi connectivity index (χ1) is 4.66. The van der Waals surface area contributed by atoms with E-state index in [9.17, 15) is 0 Å². The van der Waals surface area contributed by atoms with Crippen LogP contribution in [-0.2, 0) is 0 Å². The Labute approximate surface area is 62.6 Å². The minimum Gasteiger partial charge on any atom is -0.388 e. The van der Waals surface area contributed by atoms with Gasteiger partial charge in [0.05, 0.1) is 5.84 Å². The zero-order chi connectivity index (χ0) is 7.98. The van der Waals surface area contributed by atoms with Crippen LogP contribution in [0.25, 0.3) is 0 Å². The lowest BCUT2D eigenvalue weighted by atomic mass is 10.0. The minimum absolute atomic E-state index is 0.289. The third kappa shape index (κ3) is 5.35. The number of nitrogens with one attached hydrogen (secondary N) is 1. The van der Waals surface area contributed by atoms with Crippen LogP contribution >= 0.6 is 0 Å². The van der Waals surface area contributed by atoms with Crippen molar-refractivity contribution >= 4 is 5.84 Å². The van der Waals surface area contributed by atoms with Gasteiger partial charge in [-0.25, -0.2) is 0 Å². The highest BCUT2D eigenvalue weighted by Gasteiger charge is 1.99. The predicted molar refractivity (Wildman–Crippen MR) is 45.1 cm³/mol. The Morgan fingerprint density at radius 3 is 2.70 bits per heavy atom. The van der Waals surface area contributed by atoms with Crippen molar-refractivity contribution in [2.75, 3.05) is 0 Å². The number of allylic oxidation sites excluding steroid dienone is 2. The molecule has 0 aliphatic carbocycles. The maximum absolute atomic E-state index is 7.01. The van der Waals surface area contributed by atoms with E-state index in [2.05, 4.69) is 13.0 Å². The molecule has 58 valence electrons. The zero-order valence-corrected chi connectivity index (χ0v) is 6.72. The van der Waals surface area contributed by atoms with Crippen LogP contribution in [0, 0.1) is 11.3 Å². The molecular formula is C8H16N2. The van der Waals surface area contributed by atoms with Gasteiger partial charge in [0, 0.05) is 6.42 Å². The Kier molecular flexibility index (Phi) is 4.63. The van der Waals surface area contributed by atoms with Gasteiger partial charge in [-0.2, -0.15) is 0 Å². The third-order valence-electron chi connectivity index (χ3n) is 1.34. The van der Waals surface area contributed by atoms with Crippen LogP contribution in [0.1, 0.15) is 26.7 Å². The average Bonchev–Trinajstić information content (AvgIpc) is 1.82. The van der Waals surface area contributed by atoms with Gasteiger partial charge in [-0.1, -0.05) is 19.1 Å². The van der Waals surface area contributed by atoms with Crippen molar-refractivity contribution in [2.24, 2.45) is 11.7 Å². The molecule has 0 aromatic heterocycles. The monoisotopic (exact) mass is 140 g/mol. The van der Waals surface area contributed by atoms with Crippen LogP contribution in [0.5, 0.6) is 0 Å². The van der Waals surface area contributed by atoms with Crippen LogP contribution < -0.4 is 5.73 Å². The molecule has 0 rings (SSSR count). The normalized spacial score (nSPS) is 13.8. The van der Waals surface area contributed by atoms with Gasteiger partial charge in [-0.15, -0.1) is 0 Å². The Morgan fingerprint density at radius 2 is 2.30 bits per heavy atom. The van der Waals surface area contributed by atoms with E-state index in [0.29, 0.717) is 12.3 Å². The van der Waals surface area contributed by atoms with Gasteiger partial charge >= 0.3 is 0 Å². The van der Waals surface area contributed by atoms with Crippen molar-refractivity contribution in [1.29, 1.82) is 5.41 Å². The Morgan fingerprint density at radius 1 is 1.70 bits per heavy atom. The van der Waals surface area contributed by atoms with Crippen molar-refractivity contribution in [1.82, 2.24) is 0 Å². The molecule has 0 saturated heterocycles. The summed E-state index contributed by atoms with van der Waals surface area (Å²) in [6.45, 7) is 4.10. The number of hydrogen-bond acceptors (Lipinski definition) is 1. The topological polar surface area (TPSA) is 49.9 Å². The summed E-state index contributed by atoms with van der Waals surface area (Å²) in [5.74, 6) is 0.797. The molecule has 0 spiro atoms. The maximum Gasteiger partial charge on any atom is 0.0908 e. The molecule has 0 amide bonds. The van der Waals surface area contributed by atoms with Crippen LogP contribution in [0.4, 0.5) is 0 Å². The fourth-order valence-corrected chi connectivity index (χ4v) is 0.827. The van der Waals surface area contributed by atoms with Crippen molar-refractivity contribution in [3.05, 3.63) is 12.2 Å². The fourth-order valence-electron chi connectivity index (χ4n) is 0.827. The van der Waals surface area contributed by atoms with Gasteiger partial charge in [-0.05, 0) is 19.3 Å². The molecule has 2 nitrogen and oxygen atoms in total. The molecule has 0 saturated carbocycles. The highest BCUT2D eigenvalue weighted by molar-refractivity contribution is 5.76. The second-order valence-electron chi connectivity index (χ2n) is 2.64. The van der Waals surface area contributed by atoms with Crippen molar-refractivity contribution < 1.29 is 0 Å². The van der Waals surface area contributed by atoms with Crippen LogP contribution in [0.2, 0.25) is 0 Å². The van der Waals surface area contributed by atoms with Crippen LogP contribution in [0.3, 0.4) is 0 Å². The van der Waals surface area contributed by atoms with Crippen LogP contribution in [0.15, 0.2) is 12.2 Å². The molecule has 3 N–H and O–H groups in total. The lowest BCUT2D eigenvalue weighted by molar-refractivity contribution is 0.616. The van der Waals surface area contributed by atoms with E-state index in [1.165, 1.54) is 0 Å². The largest absolute Gasteiger partial charge is 0.388 e. The molecule has 0 radical (unpaired) electrons. The summed E-state index contributed by atoms with van der Waals surface area (Å²) in [7, 11) is 0. The van der Waals surface area contributed by atoms with Crippen molar-refractivity contribution in [2.45, 2.75) is 26.7 Å². The molecule has 0 heterocycles. The van der Waals surface area contributed by atoms with E-state index in [1.54, 1.807) is 0 Å². The molecule has 10 heavy (non-hydrogen) atoms. The molecule has 0 aromatic carbocycles. The summed E-state index contributed by atoms with van der Waals surface area (Å²) >= 11 is 0. The molecule has 1 atom stereocenters. The highest BCUT2D eigenvalue weighted by atomic mass is 14.7. The standard InChI is InChI=1S/C8H16N2/c1-3-4-5-7(2)6-8(9)10/h3-4,7H,5-6H2,1-2H3,(H3,9,10)/b4-3-. The molecule has 0 bridgehead atoms. The van der Waals surface area contributed by atoms with Crippen molar-refractivity contribution in [3.8, 4) is 0 Å². The average molecular weight is 140 g/mol. The van der Waals surface area contributed by atoms with Gasteiger partial charge in [0.25, 0.3) is 0 Å². The van der Waals surface area contributed by atoms with Gasteiger partial charge in [-0.3, -0.25) is 5.41 Å². The molecule has 0 aliphatic heterocycles. The van der Waals surface area contributed by atoms with E-state index in [1.807, 2.05) is 13.0 Å². The zero-order valence-electron chi connectivity index (χ0n) is 6.72. The highest BCUT2D eigenvalue weighted by Crippen LogP contribution is 2.06. The SMILES string of the molecule is C/C=C\CC(C)CC(=N)N. The number of nitrogens with two attached hydrogens (primary N) is 1. The predicted octanol–water partition coefficient (Wildman–Crippen LogP) is 1.91. The van der Waals surface area contributed by atoms with Gasteiger partial charge < -0.3 is 5.73 Å². The van der Waals surface area contributed by atoms with Gasteiger partial charge in [0.1, 0.15) is 0 Å². The van der Waals surface area contributed by atoms with E-state index in [-0.39, 0.29) is 5.84 Å². The molecule has 0 fully saturated rings. The first-order valence-corrected chi connectivity index (χ1v) is 3.61. The Bertz CT molecular complexity index is 127. The quantitative estimate of drug-likeness (QED) is 0.350. The Balaban J connectivity index is 3.43. The van der Waals surface area contributed by atoms with Gasteiger partial charge in [0.15, 0.2) is 0 Å². The molecular weight excluding hydrogens is 124 g/mol. The summed E-state index contributed by atoms with van der Waals surface area (Å²) < 4.78 is 0. The summed E-state index contributed by atoms with van der Waals surface area (Å²) in [6, 6.07) is 0. The molecule has 1 unspecified atom stereocenters. The van der Waals surface area contributed by atoms with E-state index < -0.39 is 0 Å². The van der Waals surface area contributed by atoms with E-state index in [4.69, 9.17) is 11.1 Å². The Hall–Kier alpha value is -0.790. The van der Waals surface area contributed by atoms with E-state index in [0.717, 1.165) is 6.42 Å². The summed E-state index contributed by atoms with van der Waals surface area (Å²) in [4.78, 5) is 0. The van der Waals surface area contributed by atoms with E-state index >= 15 is 0 Å². The smallest absolute Gasteiger partial charge is 0.0908 e. The first kappa shape index (κ1) is 9.21. The molecule has 0 aromatic rings. The molecule has 2 heteroatoms. The molecule has 0 aliphatic rings. The second kappa shape index (κ2) is 5.03. The fraction of sp³-hybridized carbons (Fsp3) is 0.625.